The predicted octanol–water partition coefficient (Wildman–Crippen LogP) is 10.1. The second kappa shape index (κ2) is 47.1. The van der Waals surface area contributed by atoms with E-state index in [9.17, 15) is 0 Å². The second-order valence-electron chi connectivity index (χ2n) is 17.9. The van der Waals surface area contributed by atoms with Gasteiger partial charge in [-0.05, 0) is 121 Å². The summed E-state index contributed by atoms with van der Waals surface area (Å²) >= 11 is 0. The van der Waals surface area contributed by atoms with Crippen molar-refractivity contribution in [3.63, 3.8) is 0 Å². The minimum Gasteiger partial charge on any atom is -0.356 e. The number of hydrogen-bond acceptors (Lipinski definition) is 16. The van der Waals surface area contributed by atoms with Crippen LogP contribution in [-0.2, 0) is 89.5 Å². The molecule has 0 unspecified atom stereocenters. The first-order valence-electron chi connectivity index (χ1n) is 26.1. The van der Waals surface area contributed by atoms with Gasteiger partial charge in [0.2, 0.25) is 0 Å². The number of hydrogen-bond donors (Lipinski definition) is 0. The Labute approximate surface area is 588 Å². The summed E-state index contributed by atoms with van der Waals surface area (Å²) in [4.78, 5) is 47.2. The van der Waals surface area contributed by atoms with Crippen LogP contribution in [0.5, 0.6) is 0 Å². The van der Waals surface area contributed by atoms with E-state index in [1.807, 2.05) is 24.8 Å². The predicted molar refractivity (Wildman–Crippen MR) is 356 cm³/mol. The molecule has 90 heavy (non-hydrogen) atoms. The number of rotatable bonds is 18. The van der Waals surface area contributed by atoms with Gasteiger partial charge in [-0.2, -0.15) is 0 Å². The van der Waals surface area contributed by atoms with E-state index in [1.165, 1.54) is 53.8 Å². The third-order valence-corrected chi connectivity index (χ3v) is 23.4. The maximum Gasteiger partial charge on any atom is 1.00 e. The number of nitrogens with zero attached hydrogens (tertiary/aromatic N) is 8. The molecule has 28 heteroatoms. The normalized spacial score (nSPS) is 9.64. The van der Waals surface area contributed by atoms with Crippen LogP contribution in [0, 0.1) is 61.3 Å². The number of benzene rings is 8. The summed E-state index contributed by atoms with van der Waals surface area (Å²) in [6, 6.07) is 96.8. The van der Waals surface area contributed by atoms with Gasteiger partial charge in [-0.1, -0.05) is 146 Å². The van der Waals surface area contributed by atoms with Gasteiger partial charge in [-0.15, -0.1) is 0 Å². The van der Waals surface area contributed by atoms with E-state index in [0.717, 1.165) is 25.1 Å². The number of aromatic nitrogens is 2. The minimum absolute atomic E-state index is 0. The van der Waals surface area contributed by atoms with Crippen molar-refractivity contribution >= 4 is 85.5 Å². The van der Waals surface area contributed by atoms with Crippen LogP contribution in [0.3, 0.4) is 0 Å². The van der Waals surface area contributed by atoms with Gasteiger partial charge < -0.3 is 71.1 Å². The first-order chi connectivity index (χ1) is 41.7. The van der Waals surface area contributed by atoms with Crippen molar-refractivity contribution in [3.8, 4) is 0 Å². The minimum atomic E-state index is -1.75. The third kappa shape index (κ3) is 31.2. The molecule has 10 rings (SSSR count). The average Bonchev–Trinajstić information content (AvgIpc) is 2.42. The summed E-state index contributed by atoms with van der Waals surface area (Å²) in [7, 11) is -4.16. The summed E-state index contributed by atoms with van der Waals surface area (Å²) < 4.78 is 0. The molecule has 2 aromatic heterocycles. The van der Waals surface area contributed by atoms with Gasteiger partial charge in [0.1, 0.15) is 25.1 Å². The fourth-order valence-corrected chi connectivity index (χ4v) is 19.5. The first-order valence-corrected chi connectivity index (χ1v) is 33.0. The molecular formula is C62H60Ag4N8O12P4+4. The Bertz CT molecular complexity index is 2900. The van der Waals surface area contributed by atoms with Gasteiger partial charge in [-0.25, -0.2) is 0 Å². The van der Waals surface area contributed by atoms with Crippen molar-refractivity contribution in [2.45, 2.75) is 0 Å². The van der Waals surface area contributed by atoms with E-state index >= 15 is 0 Å². The van der Waals surface area contributed by atoms with Crippen LogP contribution >= 0.6 is 31.7 Å². The Hall–Kier alpha value is -6.86. The van der Waals surface area contributed by atoms with Crippen molar-refractivity contribution in [2.24, 2.45) is 0 Å². The fraction of sp³-hybridized carbons (Fsp3) is 0.0645. The zero-order valence-corrected chi connectivity index (χ0v) is 57.2. The Morgan fingerprint density at radius 1 is 0.256 bits per heavy atom. The monoisotopic (exact) mass is 1660 g/mol. The van der Waals surface area contributed by atoms with E-state index in [1.54, 1.807) is 0 Å². The van der Waals surface area contributed by atoms with Gasteiger partial charge in [0, 0.05) is 12.4 Å². The van der Waals surface area contributed by atoms with Crippen LogP contribution in [-0.4, -0.2) is 55.5 Å². The van der Waals surface area contributed by atoms with Crippen LogP contribution in [0.2, 0.25) is 0 Å². The van der Waals surface area contributed by atoms with Gasteiger partial charge in [0.15, 0.2) is 0 Å². The molecule has 0 spiro atoms. The van der Waals surface area contributed by atoms with Crippen LogP contribution in [0.15, 0.2) is 292 Å². The summed E-state index contributed by atoms with van der Waals surface area (Å²) in [5.41, 5.74) is 2.38. The zero-order chi connectivity index (χ0) is 61.7. The van der Waals surface area contributed by atoms with E-state index in [0.29, 0.717) is 0 Å². The third-order valence-electron chi connectivity index (χ3n) is 12.4. The fourth-order valence-electron chi connectivity index (χ4n) is 8.83. The molecule has 0 atom stereocenters. The molecule has 0 N–H and O–H groups in total. The summed E-state index contributed by atoms with van der Waals surface area (Å²) in [6.07, 6.45) is 11.7. The summed E-state index contributed by atoms with van der Waals surface area (Å²) in [5.74, 6) is 0. The molecule has 20 nitrogen and oxygen atoms in total. The molecule has 8 aromatic carbocycles. The molecule has 480 valence electrons. The second-order valence-corrected chi connectivity index (χ2v) is 27.6. The number of pyridine rings is 2. The van der Waals surface area contributed by atoms with Crippen molar-refractivity contribution in [2.75, 3.05) is 34.9 Å². The molecule has 0 aliphatic heterocycles. The molecule has 2 heterocycles. The maximum absolute atomic E-state index is 8.25. The Morgan fingerprint density at radius 3 is 0.522 bits per heavy atom. The molecule has 0 radical (unpaired) electrons. The molecule has 0 saturated heterocycles. The van der Waals surface area contributed by atoms with E-state index < -0.39 is 52.0 Å². The topological polar surface area (TPSA) is 297 Å². The van der Waals surface area contributed by atoms with Crippen LogP contribution in [0.4, 0.5) is 11.4 Å². The number of anilines is 2. The Balaban J connectivity index is 0.000000701. The van der Waals surface area contributed by atoms with Crippen LogP contribution < -0.4 is 52.2 Å². The van der Waals surface area contributed by atoms with Crippen molar-refractivity contribution in [1.82, 2.24) is 9.97 Å². The Kier molecular flexibility index (Phi) is 42.5. The van der Waals surface area contributed by atoms with Gasteiger partial charge in [-0.3, -0.25) is 9.97 Å². The molecule has 0 amide bonds. The van der Waals surface area contributed by atoms with Gasteiger partial charge >= 0.3 is 89.5 Å². The van der Waals surface area contributed by atoms with E-state index in [4.69, 9.17) is 61.3 Å². The van der Waals surface area contributed by atoms with Crippen molar-refractivity contribution < 1.29 is 110 Å². The SMILES string of the molecule is O=[N+]([O-])[O-].O=[N+]([O-])[O-].O=[N+]([O-])[O-].O=[N+]([O-])[O-].[Ag+].[Ag+].[Ag+].[Ag+].c1ccc([PH+](CN(C[PH+](c2ccccc2)c2ccccc2)c2cccnc2)c2ccccc2)cc1.c1ccc([PH+](CN(C[PH+](c2ccccc2)c2ccccc2)c2cccnc2)c2ccccc2)cc1. The largest absolute Gasteiger partial charge is 1.00 e. The standard InChI is InChI=1S/2C31H28N2P2.4Ag.4NO3/c2*1-5-15-28(16-6-1)34(29-17-7-2-8-18-29)25-33(27-14-13-23-32-24-27)26-35(30-19-9-3-10-20-30)31-21-11-4-12-22-31;;;;;4*2-1(3)4/h2*1-24H,25-26H2;;;;;;;;/q;;4*+1;4*-1/p+4. The molecule has 0 fully saturated rings. The van der Waals surface area contributed by atoms with E-state index in [-0.39, 0.29) is 89.5 Å². The van der Waals surface area contributed by atoms with Crippen molar-refractivity contribution in [3.05, 3.63) is 353 Å². The van der Waals surface area contributed by atoms with Gasteiger partial charge in [0.05, 0.1) is 118 Å². The quantitative estimate of drug-likeness (QED) is 0.0334. The molecule has 0 bridgehead atoms. The van der Waals surface area contributed by atoms with Crippen LogP contribution in [0.25, 0.3) is 0 Å². The average molecular weight is 1660 g/mol. The van der Waals surface area contributed by atoms with E-state index in [2.05, 4.69) is 287 Å². The smallest absolute Gasteiger partial charge is 0.356 e. The first kappa shape index (κ1) is 81.2. The van der Waals surface area contributed by atoms with Gasteiger partial charge in [0.25, 0.3) is 0 Å². The molecule has 0 aliphatic rings. The van der Waals surface area contributed by atoms with Crippen molar-refractivity contribution in [1.29, 1.82) is 0 Å². The Morgan fingerprint density at radius 2 is 0.400 bits per heavy atom. The molecule has 0 saturated carbocycles. The maximum atomic E-state index is 8.25. The summed E-state index contributed by atoms with van der Waals surface area (Å²) in [6.45, 7) is 0. The molecule has 10 aromatic rings. The summed E-state index contributed by atoms with van der Waals surface area (Å²) in [5, 5.41) is 70.5. The van der Waals surface area contributed by atoms with Crippen LogP contribution in [0.1, 0.15) is 0 Å². The molecular weight excluding hydrogens is 1600 g/mol. The molecule has 0 aliphatic carbocycles. The zero-order valence-electron chi connectivity index (χ0n) is 47.2.